The molecule has 5 heteroatoms. The van der Waals surface area contributed by atoms with Gasteiger partial charge in [-0.05, 0) is 12.5 Å². The lowest BCUT2D eigenvalue weighted by molar-refractivity contribution is -0.252. The molecule has 1 aliphatic heterocycles. The topological polar surface area (TPSA) is 12.5 Å². The summed E-state index contributed by atoms with van der Waals surface area (Å²) in [5.74, 6) is 0. The molecule has 0 spiro atoms. The van der Waals surface area contributed by atoms with Gasteiger partial charge in [0.1, 0.15) is 0 Å². The lowest BCUT2D eigenvalue weighted by Crippen LogP contribution is -2.51. The van der Waals surface area contributed by atoms with Crippen LogP contribution in [0.25, 0.3) is 0 Å². The van der Waals surface area contributed by atoms with Crippen molar-refractivity contribution in [1.29, 1.82) is 0 Å². The largest absolute Gasteiger partial charge is 0.415 e. The van der Waals surface area contributed by atoms with Crippen LogP contribution in [-0.2, 0) is 11.3 Å². The summed E-state index contributed by atoms with van der Waals surface area (Å²) in [5, 5.41) is 0. The Hall–Kier alpha value is -1.07. The maximum absolute atomic E-state index is 12.7. The van der Waals surface area contributed by atoms with Gasteiger partial charge in [0.15, 0.2) is 6.10 Å². The zero-order chi connectivity index (χ0) is 13.2. The Bertz CT molecular complexity index is 380. The van der Waals surface area contributed by atoms with Crippen molar-refractivity contribution < 1.29 is 17.9 Å². The molecule has 0 amide bonds. The molecular formula is C13H16F3NO. The summed E-state index contributed by atoms with van der Waals surface area (Å²) in [6.07, 6.45) is -6.36. The van der Waals surface area contributed by atoms with Crippen LogP contribution in [0, 0.1) is 0 Å². The Morgan fingerprint density at radius 3 is 2.50 bits per heavy atom. The van der Waals surface area contributed by atoms with E-state index < -0.39 is 18.4 Å². The average Bonchev–Trinajstić information content (AvgIpc) is 2.28. The molecule has 1 fully saturated rings. The third-order valence-corrected chi connectivity index (χ3v) is 2.95. The lowest BCUT2D eigenvalue weighted by atomic mass is 10.1. The van der Waals surface area contributed by atoms with Gasteiger partial charge in [-0.2, -0.15) is 13.2 Å². The normalized spacial score (nSPS) is 26.2. The Morgan fingerprint density at radius 2 is 1.89 bits per heavy atom. The summed E-state index contributed by atoms with van der Waals surface area (Å²) in [4.78, 5) is 1.79. The highest BCUT2D eigenvalue weighted by molar-refractivity contribution is 5.14. The number of halogens is 3. The lowest BCUT2D eigenvalue weighted by Gasteiger charge is -2.37. The summed E-state index contributed by atoms with van der Waals surface area (Å²) in [6, 6.07) is 9.51. The Morgan fingerprint density at radius 1 is 1.22 bits per heavy atom. The van der Waals surface area contributed by atoms with Crippen LogP contribution < -0.4 is 0 Å². The third-order valence-electron chi connectivity index (χ3n) is 2.95. The number of morpholine rings is 1. The Kier molecular flexibility index (Phi) is 3.92. The molecule has 1 aromatic rings. The van der Waals surface area contributed by atoms with Gasteiger partial charge in [-0.15, -0.1) is 0 Å². The molecular weight excluding hydrogens is 243 g/mol. The summed E-state index contributed by atoms with van der Waals surface area (Å²) >= 11 is 0. The fourth-order valence-electron chi connectivity index (χ4n) is 2.19. The highest BCUT2D eigenvalue weighted by Crippen LogP contribution is 2.28. The van der Waals surface area contributed by atoms with Crippen molar-refractivity contribution in [2.24, 2.45) is 0 Å². The van der Waals surface area contributed by atoms with Gasteiger partial charge in [-0.25, -0.2) is 0 Å². The van der Waals surface area contributed by atoms with E-state index in [0.717, 1.165) is 5.56 Å². The van der Waals surface area contributed by atoms with Crippen LogP contribution in [-0.4, -0.2) is 36.4 Å². The van der Waals surface area contributed by atoms with E-state index in [0.29, 0.717) is 13.1 Å². The highest BCUT2D eigenvalue weighted by atomic mass is 19.4. The van der Waals surface area contributed by atoms with Crippen LogP contribution in [0.2, 0.25) is 0 Å². The standard InChI is InChI=1S/C13H16F3NO/c1-10-7-17(8-11-5-3-2-4-6-11)9-12(18-10)13(14,15)16/h2-6,10,12H,7-9H2,1H3/t10-,12+/m1/s1. The minimum absolute atomic E-state index is 0.0945. The second-order valence-corrected chi connectivity index (χ2v) is 4.66. The van der Waals surface area contributed by atoms with Crippen molar-refractivity contribution in [2.45, 2.75) is 31.9 Å². The molecule has 2 nitrogen and oxygen atoms in total. The average molecular weight is 259 g/mol. The van der Waals surface area contributed by atoms with Gasteiger partial charge in [0.2, 0.25) is 0 Å². The van der Waals surface area contributed by atoms with Gasteiger partial charge in [0, 0.05) is 19.6 Å². The third kappa shape index (κ3) is 3.46. The van der Waals surface area contributed by atoms with Gasteiger partial charge in [0.05, 0.1) is 6.10 Å². The fourth-order valence-corrected chi connectivity index (χ4v) is 2.19. The number of hydrogen-bond donors (Lipinski definition) is 0. The highest BCUT2D eigenvalue weighted by Gasteiger charge is 2.44. The molecule has 2 atom stereocenters. The minimum Gasteiger partial charge on any atom is -0.363 e. The zero-order valence-corrected chi connectivity index (χ0v) is 10.2. The first kappa shape index (κ1) is 13.4. The van der Waals surface area contributed by atoms with Gasteiger partial charge in [-0.1, -0.05) is 30.3 Å². The molecule has 0 saturated carbocycles. The predicted molar refractivity (Wildman–Crippen MR) is 62.1 cm³/mol. The minimum atomic E-state index is -4.29. The molecule has 0 radical (unpaired) electrons. The van der Waals surface area contributed by atoms with Crippen LogP contribution in [0.4, 0.5) is 13.2 Å². The van der Waals surface area contributed by atoms with Crippen LogP contribution in [0.3, 0.4) is 0 Å². The monoisotopic (exact) mass is 259 g/mol. The summed E-state index contributed by atoms with van der Waals surface area (Å²) in [5.41, 5.74) is 1.02. The predicted octanol–water partition coefficient (Wildman–Crippen LogP) is 2.84. The van der Waals surface area contributed by atoms with E-state index in [4.69, 9.17) is 4.74 Å². The van der Waals surface area contributed by atoms with Crippen molar-refractivity contribution in [3.05, 3.63) is 35.9 Å². The summed E-state index contributed by atoms with van der Waals surface area (Å²) in [7, 11) is 0. The maximum atomic E-state index is 12.7. The van der Waals surface area contributed by atoms with E-state index in [1.807, 2.05) is 30.3 Å². The maximum Gasteiger partial charge on any atom is 0.415 e. The van der Waals surface area contributed by atoms with Crippen molar-refractivity contribution in [3.8, 4) is 0 Å². The molecule has 0 N–H and O–H groups in total. The van der Waals surface area contributed by atoms with E-state index in [9.17, 15) is 13.2 Å². The van der Waals surface area contributed by atoms with Crippen LogP contribution >= 0.6 is 0 Å². The van der Waals surface area contributed by atoms with E-state index >= 15 is 0 Å². The van der Waals surface area contributed by atoms with Gasteiger partial charge >= 0.3 is 6.18 Å². The van der Waals surface area contributed by atoms with Crippen LogP contribution in [0.5, 0.6) is 0 Å². The molecule has 1 aromatic carbocycles. The smallest absolute Gasteiger partial charge is 0.363 e. The van der Waals surface area contributed by atoms with E-state index in [1.165, 1.54) is 0 Å². The molecule has 0 aromatic heterocycles. The number of alkyl halides is 3. The second-order valence-electron chi connectivity index (χ2n) is 4.66. The van der Waals surface area contributed by atoms with Gasteiger partial charge in [-0.3, -0.25) is 4.90 Å². The SMILES string of the molecule is C[C@@H]1CN(Cc2ccccc2)C[C@@H](C(F)(F)F)O1. The first-order chi connectivity index (χ1) is 8.45. The number of benzene rings is 1. The molecule has 2 rings (SSSR count). The molecule has 1 heterocycles. The quantitative estimate of drug-likeness (QED) is 0.809. The number of ether oxygens (including phenoxy) is 1. The van der Waals surface area contributed by atoms with E-state index in [1.54, 1.807) is 11.8 Å². The number of hydrogen-bond acceptors (Lipinski definition) is 2. The fraction of sp³-hybridized carbons (Fsp3) is 0.538. The number of nitrogens with zero attached hydrogens (tertiary/aromatic N) is 1. The molecule has 18 heavy (non-hydrogen) atoms. The number of rotatable bonds is 2. The van der Waals surface area contributed by atoms with Gasteiger partial charge in [0.25, 0.3) is 0 Å². The molecule has 1 aliphatic rings. The Balaban J connectivity index is 2.01. The van der Waals surface area contributed by atoms with Gasteiger partial charge < -0.3 is 4.74 Å². The molecule has 0 aliphatic carbocycles. The molecule has 100 valence electrons. The Labute approximate surface area is 104 Å². The van der Waals surface area contributed by atoms with E-state index in [2.05, 4.69) is 0 Å². The summed E-state index contributed by atoms with van der Waals surface area (Å²) in [6.45, 7) is 2.64. The van der Waals surface area contributed by atoms with Crippen molar-refractivity contribution in [1.82, 2.24) is 4.90 Å². The van der Waals surface area contributed by atoms with Crippen LogP contribution in [0.15, 0.2) is 30.3 Å². The zero-order valence-electron chi connectivity index (χ0n) is 10.2. The molecule has 0 bridgehead atoms. The van der Waals surface area contributed by atoms with Crippen molar-refractivity contribution in [2.75, 3.05) is 13.1 Å². The van der Waals surface area contributed by atoms with Crippen molar-refractivity contribution >= 4 is 0 Å². The van der Waals surface area contributed by atoms with E-state index in [-0.39, 0.29) is 6.54 Å². The molecule has 1 saturated heterocycles. The van der Waals surface area contributed by atoms with Crippen LogP contribution in [0.1, 0.15) is 12.5 Å². The van der Waals surface area contributed by atoms with Crippen molar-refractivity contribution in [3.63, 3.8) is 0 Å². The summed E-state index contributed by atoms with van der Waals surface area (Å²) < 4.78 is 43.0. The first-order valence-corrected chi connectivity index (χ1v) is 5.93. The second kappa shape index (κ2) is 5.28. The molecule has 0 unspecified atom stereocenters. The first-order valence-electron chi connectivity index (χ1n) is 5.93.